The molecule has 0 aliphatic carbocycles. The molecule has 0 radical (unpaired) electrons. The molecule has 1 N–H and O–H groups in total. The number of hydrogen-bond acceptors (Lipinski definition) is 3. The van der Waals surface area contributed by atoms with Gasteiger partial charge >= 0.3 is 0 Å². The van der Waals surface area contributed by atoms with Gasteiger partial charge in [0.25, 0.3) is 10.0 Å². The van der Waals surface area contributed by atoms with E-state index in [0.29, 0.717) is 10.0 Å². The van der Waals surface area contributed by atoms with Gasteiger partial charge in [-0.2, -0.15) is 0 Å². The maximum atomic E-state index is 13.8. The van der Waals surface area contributed by atoms with Gasteiger partial charge in [0.1, 0.15) is 16.5 Å². The molecule has 0 amide bonds. The minimum atomic E-state index is -3.97. The van der Waals surface area contributed by atoms with Crippen LogP contribution in [0.4, 0.5) is 10.1 Å². The molecule has 112 valence electrons. The number of benzene rings is 2. The standard InChI is InChI=1S/C14H13BrFNO3S/c1-9-4-3-5-11(16)14(9)17-21(18,19)13-8-10(15)6-7-12(13)20-2/h3-8,17H,1-2H3. The number of sulfonamides is 1. The molecule has 7 heteroatoms. The van der Waals surface area contributed by atoms with E-state index in [-0.39, 0.29) is 16.3 Å². The number of aryl methyl sites for hydroxylation is 1. The Morgan fingerprint density at radius 3 is 2.57 bits per heavy atom. The van der Waals surface area contributed by atoms with Crippen molar-refractivity contribution in [3.05, 3.63) is 52.3 Å². The number of halogens is 2. The molecule has 2 aromatic rings. The third-order valence-corrected chi connectivity index (χ3v) is 4.74. The topological polar surface area (TPSA) is 55.4 Å². The molecule has 0 atom stereocenters. The Hall–Kier alpha value is -1.60. The summed E-state index contributed by atoms with van der Waals surface area (Å²) in [5.41, 5.74) is 0.423. The first kappa shape index (κ1) is 15.8. The van der Waals surface area contributed by atoms with Crippen LogP contribution in [0.1, 0.15) is 5.56 Å². The molecule has 4 nitrogen and oxygen atoms in total. The van der Waals surface area contributed by atoms with E-state index in [1.807, 2.05) is 0 Å². The molecule has 0 heterocycles. The molecule has 21 heavy (non-hydrogen) atoms. The molecular weight excluding hydrogens is 361 g/mol. The lowest BCUT2D eigenvalue weighted by molar-refractivity contribution is 0.402. The molecule has 0 bridgehead atoms. The van der Waals surface area contributed by atoms with Crippen molar-refractivity contribution < 1.29 is 17.5 Å². The molecule has 0 aromatic heterocycles. The second-order valence-electron chi connectivity index (χ2n) is 4.33. The summed E-state index contributed by atoms with van der Waals surface area (Å²) in [4.78, 5) is -0.0676. The van der Waals surface area contributed by atoms with E-state index in [2.05, 4.69) is 20.7 Å². The first-order chi connectivity index (χ1) is 9.85. The quantitative estimate of drug-likeness (QED) is 0.888. The Morgan fingerprint density at radius 1 is 1.24 bits per heavy atom. The summed E-state index contributed by atoms with van der Waals surface area (Å²) >= 11 is 3.21. The van der Waals surface area contributed by atoms with Crippen LogP contribution in [-0.4, -0.2) is 15.5 Å². The van der Waals surface area contributed by atoms with Gasteiger partial charge in [-0.1, -0.05) is 28.1 Å². The van der Waals surface area contributed by atoms with E-state index in [9.17, 15) is 12.8 Å². The zero-order valence-electron chi connectivity index (χ0n) is 11.4. The average Bonchev–Trinajstić information content (AvgIpc) is 2.43. The Bertz CT molecular complexity index is 758. The molecular formula is C14H13BrFNO3S. The summed E-state index contributed by atoms with van der Waals surface area (Å²) in [5.74, 6) is -0.452. The molecule has 0 aliphatic rings. The number of rotatable bonds is 4. The highest BCUT2D eigenvalue weighted by molar-refractivity contribution is 9.10. The summed E-state index contributed by atoms with van der Waals surface area (Å²) in [5, 5.41) is 0. The molecule has 2 aromatic carbocycles. The third-order valence-electron chi connectivity index (χ3n) is 2.87. The minimum Gasteiger partial charge on any atom is -0.495 e. The van der Waals surface area contributed by atoms with Gasteiger partial charge in [-0.25, -0.2) is 12.8 Å². The van der Waals surface area contributed by atoms with E-state index >= 15 is 0 Å². The summed E-state index contributed by atoms with van der Waals surface area (Å²) in [6.45, 7) is 1.62. The molecule has 0 fully saturated rings. The van der Waals surface area contributed by atoms with Gasteiger partial charge in [-0.3, -0.25) is 4.72 Å². The van der Waals surface area contributed by atoms with Gasteiger partial charge in [-0.05, 0) is 36.8 Å². The van der Waals surface area contributed by atoms with E-state index < -0.39 is 15.8 Å². The van der Waals surface area contributed by atoms with Gasteiger partial charge in [0.05, 0.1) is 12.8 Å². The van der Waals surface area contributed by atoms with Crippen molar-refractivity contribution in [2.75, 3.05) is 11.8 Å². The predicted octanol–water partition coefficient (Wildman–Crippen LogP) is 3.71. The van der Waals surface area contributed by atoms with E-state index in [1.165, 1.54) is 31.4 Å². The van der Waals surface area contributed by atoms with Crippen LogP contribution in [0.25, 0.3) is 0 Å². The first-order valence-corrected chi connectivity index (χ1v) is 8.24. The van der Waals surface area contributed by atoms with Gasteiger partial charge in [0.15, 0.2) is 0 Å². The minimum absolute atomic E-state index is 0.0676. The van der Waals surface area contributed by atoms with Crippen molar-refractivity contribution >= 4 is 31.6 Å². The lowest BCUT2D eigenvalue weighted by Crippen LogP contribution is -2.16. The Kier molecular flexibility index (Phi) is 4.53. The molecule has 0 saturated heterocycles. The Morgan fingerprint density at radius 2 is 1.95 bits per heavy atom. The lowest BCUT2D eigenvalue weighted by atomic mass is 10.2. The summed E-state index contributed by atoms with van der Waals surface area (Å²) in [7, 11) is -2.60. The SMILES string of the molecule is COc1ccc(Br)cc1S(=O)(=O)Nc1c(C)cccc1F. The highest BCUT2D eigenvalue weighted by Gasteiger charge is 2.22. The van der Waals surface area contributed by atoms with Crippen LogP contribution in [-0.2, 0) is 10.0 Å². The number of ether oxygens (including phenoxy) is 1. The van der Waals surface area contributed by atoms with Crippen LogP contribution in [0.5, 0.6) is 5.75 Å². The fourth-order valence-corrected chi connectivity index (χ4v) is 3.66. The number of nitrogens with one attached hydrogen (secondary N) is 1. The maximum absolute atomic E-state index is 13.8. The van der Waals surface area contributed by atoms with Crippen molar-refractivity contribution in [3.63, 3.8) is 0 Å². The fourth-order valence-electron chi connectivity index (χ4n) is 1.81. The normalized spacial score (nSPS) is 11.2. The second-order valence-corrected chi connectivity index (χ2v) is 6.90. The van der Waals surface area contributed by atoms with Crippen LogP contribution in [0.2, 0.25) is 0 Å². The molecule has 0 saturated carbocycles. The Balaban J connectivity index is 2.51. The largest absolute Gasteiger partial charge is 0.495 e. The smallest absolute Gasteiger partial charge is 0.265 e. The van der Waals surface area contributed by atoms with Crippen molar-refractivity contribution in [2.45, 2.75) is 11.8 Å². The number of anilines is 1. The van der Waals surface area contributed by atoms with Gasteiger partial charge in [0.2, 0.25) is 0 Å². The molecule has 0 spiro atoms. The second kappa shape index (κ2) is 6.03. The van der Waals surface area contributed by atoms with Gasteiger partial charge < -0.3 is 4.74 Å². The van der Waals surface area contributed by atoms with Crippen molar-refractivity contribution in [2.24, 2.45) is 0 Å². The zero-order valence-corrected chi connectivity index (χ0v) is 13.8. The number of para-hydroxylation sites is 1. The van der Waals surface area contributed by atoms with Crippen molar-refractivity contribution in [1.82, 2.24) is 0 Å². The van der Waals surface area contributed by atoms with E-state index in [4.69, 9.17) is 4.74 Å². The molecule has 2 rings (SSSR count). The van der Waals surface area contributed by atoms with Crippen molar-refractivity contribution in [1.29, 1.82) is 0 Å². The van der Waals surface area contributed by atoms with E-state index in [0.717, 1.165) is 0 Å². The summed E-state index contributed by atoms with van der Waals surface area (Å²) in [6.07, 6.45) is 0. The highest BCUT2D eigenvalue weighted by atomic mass is 79.9. The van der Waals surface area contributed by atoms with Gasteiger partial charge in [-0.15, -0.1) is 0 Å². The maximum Gasteiger partial charge on any atom is 0.265 e. The first-order valence-electron chi connectivity index (χ1n) is 5.96. The summed E-state index contributed by atoms with van der Waals surface area (Å²) in [6, 6.07) is 8.92. The number of hydrogen-bond donors (Lipinski definition) is 1. The average molecular weight is 374 g/mol. The fraction of sp³-hybridized carbons (Fsp3) is 0.143. The lowest BCUT2D eigenvalue weighted by Gasteiger charge is -2.14. The number of methoxy groups -OCH3 is 1. The summed E-state index contributed by atoms with van der Waals surface area (Å²) < 4.78 is 46.6. The predicted molar refractivity (Wildman–Crippen MR) is 82.6 cm³/mol. The van der Waals surface area contributed by atoms with Crippen LogP contribution >= 0.6 is 15.9 Å². The van der Waals surface area contributed by atoms with Crippen LogP contribution in [0.15, 0.2) is 45.8 Å². The molecule has 0 aliphatic heterocycles. The van der Waals surface area contributed by atoms with Crippen LogP contribution in [0, 0.1) is 12.7 Å². The van der Waals surface area contributed by atoms with Crippen LogP contribution in [0.3, 0.4) is 0 Å². The zero-order chi connectivity index (χ0) is 15.6. The monoisotopic (exact) mass is 373 g/mol. The Labute approximate surface area is 131 Å². The van der Waals surface area contributed by atoms with E-state index in [1.54, 1.807) is 19.1 Å². The highest BCUT2D eigenvalue weighted by Crippen LogP contribution is 2.30. The third kappa shape index (κ3) is 3.36. The van der Waals surface area contributed by atoms with Gasteiger partial charge in [0, 0.05) is 4.47 Å². The van der Waals surface area contributed by atoms with Crippen molar-refractivity contribution in [3.8, 4) is 5.75 Å². The molecule has 0 unspecified atom stereocenters. The van der Waals surface area contributed by atoms with Crippen LogP contribution < -0.4 is 9.46 Å².